The number of hydrogen-bond donors (Lipinski definition) is 1. The van der Waals surface area contributed by atoms with Gasteiger partial charge in [0.1, 0.15) is 5.75 Å². The minimum absolute atomic E-state index is 0.663. The standard InChI is InChI=1S/C17H28N2O/c1-13(2)10-18-11-16-12-19-14(3)9-17(16)20-8-7-15-5-4-6-15/h9,12-13,15,18H,4-8,10-11H2,1-3H3. The lowest BCUT2D eigenvalue weighted by molar-refractivity contribution is 0.220. The molecule has 0 unspecified atom stereocenters. The van der Waals surface area contributed by atoms with Gasteiger partial charge in [-0.3, -0.25) is 4.98 Å². The molecule has 0 radical (unpaired) electrons. The molecule has 0 atom stereocenters. The van der Waals surface area contributed by atoms with Gasteiger partial charge in [0.15, 0.2) is 0 Å². The third-order valence-electron chi connectivity index (χ3n) is 3.96. The van der Waals surface area contributed by atoms with E-state index in [1.807, 2.05) is 13.1 Å². The summed E-state index contributed by atoms with van der Waals surface area (Å²) in [7, 11) is 0. The second-order valence-electron chi connectivity index (χ2n) is 6.39. The van der Waals surface area contributed by atoms with Gasteiger partial charge in [0.05, 0.1) is 6.61 Å². The Balaban J connectivity index is 1.85. The minimum atomic E-state index is 0.663. The molecule has 1 aromatic heterocycles. The molecule has 1 fully saturated rings. The summed E-state index contributed by atoms with van der Waals surface area (Å²) in [5.41, 5.74) is 2.20. The highest BCUT2D eigenvalue weighted by Crippen LogP contribution is 2.29. The smallest absolute Gasteiger partial charge is 0.127 e. The van der Waals surface area contributed by atoms with Gasteiger partial charge in [-0.25, -0.2) is 0 Å². The zero-order valence-electron chi connectivity index (χ0n) is 13.1. The van der Waals surface area contributed by atoms with Crippen molar-refractivity contribution in [1.29, 1.82) is 0 Å². The summed E-state index contributed by atoms with van der Waals surface area (Å²) in [4.78, 5) is 4.39. The Morgan fingerprint density at radius 3 is 2.85 bits per heavy atom. The monoisotopic (exact) mass is 276 g/mol. The number of aryl methyl sites for hydroxylation is 1. The van der Waals surface area contributed by atoms with E-state index in [0.717, 1.165) is 37.1 Å². The first kappa shape index (κ1) is 15.3. The van der Waals surface area contributed by atoms with Gasteiger partial charge in [0.25, 0.3) is 0 Å². The van der Waals surface area contributed by atoms with Crippen molar-refractivity contribution in [1.82, 2.24) is 10.3 Å². The van der Waals surface area contributed by atoms with E-state index in [2.05, 4.69) is 30.2 Å². The Labute approximate surface area is 123 Å². The summed E-state index contributed by atoms with van der Waals surface area (Å²) in [5, 5.41) is 3.46. The number of nitrogens with one attached hydrogen (secondary N) is 1. The molecule has 20 heavy (non-hydrogen) atoms. The Morgan fingerprint density at radius 2 is 2.20 bits per heavy atom. The molecule has 0 aliphatic heterocycles. The second kappa shape index (κ2) is 7.63. The number of rotatable bonds is 8. The molecule has 112 valence electrons. The van der Waals surface area contributed by atoms with E-state index in [4.69, 9.17) is 4.74 Å². The maximum absolute atomic E-state index is 6.00. The Hall–Kier alpha value is -1.09. The lowest BCUT2D eigenvalue weighted by Gasteiger charge is -2.25. The van der Waals surface area contributed by atoms with Crippen LogP contribution < -0.4 is 10.1 Å². The average molecular weight is 276 g/mol. The van der Waals surface area contributed by atoms with Gasteiger partial charge >= 0.3 is 0 Å². The highest BCUT2D eigenvalue weighted by atomic mass is 16.5. The maximum Gasteiger partial charge on any atom is 0.127 e. The first-order valence-electron chi connectivity index (χ1n) is 7.94. The normalized spacial score (nSPS) is 15.4. The largest absolute Gasteiger partial charge is 0.493 e. The van der Waals surface area contributed by atoms with Crippen molar-refractivity contribution in [2.45, 2.75) is 53.0 Å². The molecule has 1 N–H and O–H groups in total. The van der Waals surface area contributed by atoms with Crippen LogP contribution in [0.3, 0.4) is 0 Å². The molecule has 3 nitrogen and oxygen atoms in total. The van der Waals surface area contributed by atoms with E-state index in [0.29, 0.717) is 5.92 Å². The zero-order valence-corrected chi connectivity index (χ0v) is 13.1. The highest BCUT2D eigenvalue weighted by Gasteiger charge is 2.17. The van der Waals surface area contributed by atoms with Gasteiger partial charge in [-0.1, -0.05) is 33.1 Å². The summed E-state index contributed by atoms with van der Waals surface area (Å²) < 4.78 is 6.00. The van der Waals surface area contributed by atoms with Gasteiger partial charge in [-0.2, -0.15) is 0 Å². The first-order chi connectivity index (χ1) is 9.65. The molecule has 1 saturated carbocycles. The number of hydrogen-bond acceptors (Lipinski definition) is 3. The topological polar surface area (TPSA) is 34.1 Å². The van der Waals surface area contributed by atoms with E-state index in [-0.39, 0.29) is 0 Å². The molecule has 3 heteroatoms. The van der Waals surface area contributed by atoms with E-state index >= 15 is 0 Å². The molecule has 2 rings (SSSR count). The first-order valence-corrected chi connectivity index (χ1v) is 7.94. The van der Waals surface area contributed by atoms with Crippen molar-refractivity contribution in [3.05, 3.63) is 23.5 Å². The van der Waals surface area contributed by atoms with Gasteiger partial charge in [0.2, 0.25) is 0 Å². The maximum atomic E-state index is 6.00. The van der Waals surface area contributed by atoms with Crippen LogP contribution in [0.25, 0.3) is 0 Å². The van der Waals surface area contributed by atoms with E-state index in [9.17, 15) is 0 Å². The number of ether oxygens (including phenoxy) is 1. The van der Waals surface area contributed by atoms with E-state index in [1.54, 1.807) is 0 Å². The van der Waals surface area contributed by atoms with Crippen LogP contribution in [-0.4, -0.2) is 18.1 Å². The fourth-order valence-corrected chi connectivity index (χ4v) is 2.44. The predicted molar refractivity (Wildman–Crippen MR) is 83.0 cm³/mol. The van der Waals surface area contributed by atoms with Gasteiger partial charge in [-0.15, -0.1) is 0 Å². The van der Waals surface area contributed by atoms with Crippen molar-refractivity contribution in [2.75, 3.05) is 13.2 Å². The van der Waals surface area contributed by atoms with Crippen LogP contribution in [0.5, 0.6) is 5.75 Å². The third-order valence-corrected chi connectivity index (χ3v) is 3.96. The fourth-order valence-electron chi connectivity index (χ4n) is 2.44. The second-order valence-corrected chi connectivity index (χ2v) is 6.39. The quantitative estimate of drug-likeness (QED) is 0.786. The highest BCUT2D eigenvalue weighted by molar-refractivity contribution is 5.32. The molecule has 0 saturated heterocycles. The summed E-state index contributed by atoms with van der Waals surface area (Å²) in [6, 6.07) is 2.06. The van der Waals surface area contributed by atoms with Crippen LogP contribution in [0, 0.1) is 18.8 Å². The van der Waals surface area contributed by atoms with Crippen molar-refractivity contribution in [2.24, 2.45) is 11.8 Å². The lowest BCUT2D eigenvalue weighted by atomic mass is 9.83. The summed E-state index contributed by atoms with van der Waals surface area (Å²) in [5.74, 6) is 2.57. The van der Waals surface area contributed by atoms with Crippen molar-refractivity contribution >= 4 is 0 Å². The molecule has 1 heterocycles. The SMILES string of the molecule is Cc1cc(OCCC2CCC2)c(CNCC(C)C)cn1. The lowest BCUT2D eigenvalue weighted by Crippen LogP contribution is -2.20. The van der Waals surface area contributed by atoms with E-state index < -0.39 is 0 Å². The van der Waals surface area contributed by atoms with Crippen molar-refractivity contribution in [3.8, 4) is 5.75 Å². The average Bonchev–Trinajstić information content (AvgIpc) is 2.34. The molecule has 1 aliphatic rings. The molecular weight excluding hydrogens is 248 g/mol. The van der Waals surface area contributed by atoms with Crippen LogP contribution in [-0.2, 0) is 6.54 Å². The number of nitrogens with zero attached hydrogens (tertiary/aromatic N) is 1. The van der Waals surface area contributed by atoms with Crippen LogP contribution in [0.4, 0.5) is 0 Å². The molecule has 0 amide bonds. The number of pyridine rings is 1. The van der Waals surface area contributed by atoms with E-state index in [1.165, 1.54) is 31.2 Å². The minimum Gasteiger partial charge on any atom is -0.493 e. The Morgan fingerprint density at radius 1 is 1.40 bits per heavy atom. The molecule has 0 spiro atoms. The molecule has 0 aromatic carbocycles. The molecule has 0 bridgehead atoms. The summed E-state index contributed by atoms with van der Waals surface area (Å²) in [6.45, 7) is 9.15. The zero-order chi connectivity index (χ0) is 14.4. The molecular formula is C17H28N2O. The van der Waals surface area contributed by atoms with Crippen molar-refractivity contribution < 1.29 is 4.74 Å². The van der Waals surface area contributed by atoms with Gasteiger partial charge in [0, 0.05) is 30.1 Å². The van der Waals surface area contributed by atoms with Crippen molar-refractivity contribution in [3.63, 3.8) is 0 Å². The molecule has 1 aromatic rings. The number of aromatic nitrogens is 1. The summed E-state index contributed by atoms with van der Waals surface area (Å²) in [6.07, 6.45) is 7.33. The van der Waals surface area contributed by atoms with Gasteiger partial charge in [-0.05, 0) is 31.7 Å². The van der Waals surface area contributed by atoms with Crippen LogP contribution >= 0.6 is 0 Å². The Bertz CT molecular complexity index is 413. The van der Waals surface area contributed by atoms with Crippen LogP contribution in [0.2, 0.25) is 0 Å². The molecule has 1 aliphatic carbocycles. The predicted octanol–water partition coefficient (Wildman–Crippen LogP) is 3.70. The summed E-state index contributed by atoms with van der Waals surface area (Å²) >= 11 is 0. The Kier molecular flexibility index (Phi) is 5.84. The fraction of sp³-hybridized carbons (Fsp3) is 0.706. The van der Waals surface area contributed by atoms with Gasteiger partial charge < -0.3 is 10.1 Å². The van der Waals surface area contributed by atoms with Crippen LogP contribution in [0.1, 0.15) is 50.8 Å². The third kappa shape index (κ3) is 4.78. The van der Waals surface area contributed by atoms with Crippen LogP contribution in [0.15, 0.2) is 12.3 Å².